The number of hydrogen-bond acceptors (Lipinski definition) is 10. The van der Waals surface area contributed by atoms with Gasteiger partial charge in [-0.2, -0.15) is 8.78 Å². The highest BCUT2D eigenvalue weighted by atomic mass is 32.5. The van der Waals surface area contributed by atoms with Gasteiger partial charge in [-0.25, -0.2) is 13.6 Å². The van der Waals surface area contributed by atoms with E-state index in [2.05, 4.69) is 0 Å². The monoisotopic (exact) mass is 622 g/mol. The summed E-state index contributed by atoms with van der Waals surface area (Å²) in [6.07, 6.45) is -8.53. The highest BCUT2D eigenvalue weighted by molar-refractivity contribution is 8.07. The van der Waals surface area contributed by atoms with Crippen LogP contribution >= 0.6 is 6.72 Å². The molecule has 0 bridgehead atoms. The van der Waals surface area contributed by atoms with Gasteiger partial charge in [-0.05, 0) is 48.5 Å². The third-order valence-corrected chi connectivity index (χ3v) is 8.08. The Bertz CT molecular complexity index is 1470. The van der Waals surface area contributed by atoms with Gasteiger partial charge in [0.1, 0.15) is 23.0 Å². The fourth-order valence-corrected chi connectivity index (χ4v) is 5.72. The van der Waals surface area contributed by atoms with E-state index in [0.29, 0.717) is 16.1 Å². The zero-order valence-electron chi connectivity index (χ0n) is 21.2. The van der Waals surface area contributed by atoms with E-state index in [4.69, 9.17) is 39.6 Å². The second-order valence-corrected chi connectivity index (χ2v) is 11.4. The maximum absolute atomic E-state index is 15.4. The number of H-pyrrole nitrogens is 1. The van der Waals surface area contributed by atoms with Crippen molar-refractivity contribution in [1.82, 2.24) is 9.55 Å². The molecule has 2 heterocycles. The lowest BCUT2D eigenvalue weighted by molar-refractivity contribution is -0.242. The Morgan fingerprint density at radius 2 is 1.46 bits per heavy atom. The molecular weight excluding hydrogens is 599 g/mol. The van der Waals surface area contributed by atoms with Gasteiger partial charge in [0.25, 0.3) is 12.0 Å². The van der Waals surface area contributed by atoms with Crippen molar-refractivity contribution >= 4 is 18.5 Å². The number of ether oxygens (including phenoxy) is 3. The van der Waals surface area contributed by atoms with Crippen molar-refractivity contribution in [3.8, 4) is 23.0 Å². The number of benzene rings is 2. The lowest BCUT2D eigenvalue weighted by Gasteiger charge is -2.34. The Morgan fingerprint density at radius 3 is 1.90 bits per heavy atom. The van der Waals surface area contributed by atoms with Crippen molar-refractivity contribution in [1.29, 1.82) is 0 Å². The van der Waals surface area contributed by atoms with Crippen molar-refractivity contribution in [2.24, 2.45) is 0 Å². The Kier molecular flexibility index (Phi) is 8.80. The number of nitrogens with zero attached hydrogens (tertiary/aromatic N) is 1. The summed E-state index contributed by atoms with van der Waals surface area (Å²) in [5.41, 5.74) is -5.98. The lowest BCUT2D eigenvalue weighted by atomic mass is 9.95. The van der Waals surface area contributed by atoms with Gasteiger partial charge in [0, 0.05) is 24.1 Å². The summed E-state index contributed by atoms with van der Waals surface area (Å²) in [7, 11) is 2.84. The van der Waals surface area contributed by atoms with Gasteiger partial charge in [-0.1, -0.05) is 0 Å². The number of aliphatic hydroxyl groups is 1. The van der Waals surface area contributed by atoms with Gasteiger partial charge in [-0.15, -0.1) is 0 Å². The molecular formula is C24H23F4N2O9PS. The van der Waals surface area contributed by atoms with Gasteiger partial charge in [0.2, 0.25) is 5.60 Å². The fourth-order valence-electron chi connectivity index (χ4n) is 3.79. The summed E-state index contributed by atoms with van der Waals surface area (Å²) < 4.78 is 91.9. The summed E-state index contributed by atoms with van der Waals surface area (Å²) in [6.45, 7) is -5.85. The summed E-state index contributed by atoms with van der Waals surface area (Å²) in [5.74, 6) is -3.75. The smallest absolute Gasteiger partial charge is 0.435 e. The third kappa shape index (κ3) is 6.11. The molecule has 0 aliphatic carbocycles. The summed E-state index contributed by atoms with van der Waals surface area (Å²) in [6, 6.07) is 12.3. The van der Waals surface area contributed by atoms with E-state index >= 15 is 8.78 Å². The third-order valence-electron chi connectivity index (χ3n) is 6.01. The first kappa shape index (κ1) is 30.5. The van der Waals surface area contributed by atoms with E-state index < -0.39 is 54.9 Å². The van der Waals surface area contributed by atoms with Crippen LogP contribution in [0.3, 0.4) is 0 Å². The van der Waals surface area contributed by atoms with Gasteiger partial charge in [-0.3, -0.25) is 18.9 Å². The van der Waals surface area contributed by atoms with E-state index in [1.54, 1.807) is 4.98 Å². The molecule has 17 heteroatoms. The Balaban J connectivity index is 1.68. The molecule has 0 saturated carbocycles. The van der Waals surface area contributed by atoms with E-state index in [0.717, 1.165) is 12.3 Å². The molecule has 0 radical (unpaired) electrons. The fraction of sp³-hybridized carbons (Fsp3) is 0.333. The van der Waals surface area contributed by atoms with Crippen LogP contribution in [0.4, 0.5) is 17.6 Å². The first-order chi connectivity index (χ1) is 19.3. The number of aromatic nitrogens is 2. The van der Waals surface area contributed by atoms with Gasteiger partial charge < -0.3 is 28.4 Å². The SMILES string of the molecule is COc1ccc(OP(=S)(OC[C@@]2(C(F)F)O[C@@H](n3ccc(=O)[nH]c3=O)[C@H](O)C2(F)F)Oc2ccc(OC)cc2)cc1. The molecule has 1 aliphatic rings. The van der Waals surface area contributed by atoms with Crippen LogP contribution in [-0.2, 0) is 21.1 Å². The molecule has 0 unspecified atom stereocenters. The topological polar surface area (TPSA) is 130 Å². The second-order valence-electron chi connectivity index (χ2n) is 8.54. The largest absolute Gasteiger partial charge is 0.497 e. The molecule has 3 aromatic rings. The zero-order chi connectivity index (χ0) is 30.0. The van der Waals surface area contributed by atoms with Crippen LogP contribution < -0.4 is 29.8 Å². The average molecular weight is 622 g/mol. The zero-order valence-corrected chi connectivity index (χ0v) is 23.0. The number of methoxy groups -OCH3 is 2. The molecule has 11 nitrogen and oxygen atoms in total. The first-order valence-electron chi connectivity index (χ1n) is 11.6. The molecule has 2 N–H and O–H groups in total. The summed E-state index contributed by atoms with van der Waals surface area (Å²) in [5, 5.41) is 10.3. The predicted octanol–water partition coefficient (Wildman–Crippen LogP) is 3.48. The standard InChI is InChI=1S/C24H23F4N2O9PS/c1-34-14-3-7-16(8-4-14)38-40(41,39-17-9-5-15(35-2)6-10-17)36-13-23(21(25)26)24(27,28)19(32)20(37-23)30-12-11-18(31)29-22(30)33/h3-12,19-21,32H,13H2,1-2H3,(H,29,31,33)/t19-,20+,23-/m0/s1. The number of halogens is 4. The molecule has 41 heavy (non-hydrogen) atoms. The number of aromatic amines is 1. The minimum absolute atomic E-state index is 0.0329. The number of rotatable bonds is 11. The van der Waals surface area contributed by atoms with Crippen LogP contribution in [0.5, 0.6) is 23.0 Å². The highest BCUT2D eigenvalue weighted by Gasteiger charge is 2.74. The van der Waals surface area contributed by atoms with Gasteiger partial charge in [0.05, 0.1) is 20.8 Å². The maximum atomic E-state index is 15.4. The van der Waals surface area contributed by atoms with Gasteiger partial charge in [0.15, 0.2) is 12.3 Å². The molecule has 3 atom stereocenters. The van der Waals surface area contributed by atoms with E-state index in [1.165, 1.54) is 62.8 Å². The molecule has 4 rings (SSSR count). The Labute approximate surface area is 234 Å². The lowest BCUT2D eigenvalue weighted by Crippen LogP contribution is -2.57. The molecule has 1 aromatic heterocycles. The van der Waals surface area contributed by atoms with Crippen molar-refractivity contribution in [2.45, 2.75) is 30.3 Å². The number of hydrogen-bond donors (Lipinski definition) is 2. The minimum atomic E-state index is -4.69. The van der Waals surface area contributed by atoms with Crippen LogP contribution in [0.2, 0.25) is 0 Å². The summed E-state index contributed by atoms with van der Waals surface area (Å²) in [4.78, 5) is 25.3. The van der Waals surface area contributed by atoms with Crippen LogP contribution in [0.25, 0.3) is 0 Å². The van der Waals surface area contributed by atoms with Crippen LogP contribution in [0, 0.1) is 0 Å². The van der Waals surface area contributed by atoms with Crippen molar-refractivity contribution in [3.63, 3.8) is 0 Å². The molecule has 2 aromatic carbocycles. The number of alkyl halides is 4. The van der Waals surface area contributed by atoms with Gasteiger partial charge >= 0.3 is 18.3 Å². The van der Waals surface area contributed by atoms with Crippen molar-refractivity contribution in [2.75, 3.05) is 20.8 Å². The van der Waals surface area contributed by atoms with Crippen molar-refractivity contribution < 1.29 is 50.5 Å². The predicted molar refractivity (Wildman–Crippen MR) is 139 cm³/mol. The molecule has 1 saturated heterocycles. The van der Waals surface area contributed by atoms with Crippen LogP contribution in [0.1, 0.15) is 6.23 Å². The van der Waals surface area contributed by atoms with Crippen LogP contribution in [-0.4, -0.2) is 59.5 Å². The second kappa shape index (κ2) is 11.8. The van der Waals surface area contributed by atoms with Crippen LogP contribution in [0.15, 0.2) is 70.4 Å². The normalized spacial score (nSPS) is 22.0. The minimum Gasteiger partial charge on any atom is -0.497 e. The van der Waals surface area contributed by atoms with E-state index in [-0.39, 0.29) is 11.5 Å². The average Bonchev–Trinajstić information content (AvgIpc) is 3.14. The van der Waals surface area contributed by atoms with E-state index in [9.17, 15) is 23.5 Å². The quantitative estimate of drug-likeness (QED) is 0.242. The van der Waals surface area contributed by atoms with E-state index in [1.807, 2.05) is 0 Å². The molecule has 0 spiro atoms. The Hall–Kier alpha value is -3.43. The first-order valence-corrected chi connectivity index (χ1v) is 14.1. The summed E-state index contributed by atoms with van der Waals surface area (Å²) >= 11 is 5.40. The Morgan fingerprint density at radius 1 is 0.976 bits per heavy atom. The molecule has 0 amide bonds. The molecule has 1 aliphatic heterocycles. The number of nitrogens with one attached hydrogen (secondary N) is 1. The number of aliphatic hydroxyl groups excluding tert-OH is 1. The molecule has 222 valence electrons. The molecule has 1 fully saturated rings. The maximum Gasteiger partial charge on any atom is 0.435 e. The highest BCUT2D eigenvalue weighted by Crippen LogP contribution is 2.56. The van der Waals surface area contributed by atoms with Crippen molar-refractivity contribution in [3.05, 3.63) is 81.6 Å².